The zero-order chi connectivity index (χ0) is 29.6. The van der Waals surface area contributed by atoms with Gasteiger partial charge < -0.3 is 19.4 Å². The van der Waals surface area contributed by atoms with E-state index in [1.165, 1.54) is 4.90 Å². The maximum Gasteiger partial charge on any atom is 0.410 e. The molecule has 9 heteroatoms. The number of carbonyl (C=O) groups is 4. The quantitative estimate of drug-likeness (QED) is 0.497. The molecule has 2 aliphatic heterocycles. The van der Waals surface area contributed by atoms with E-state index in [4.69, 9.17) is 4.74 Å². The number of hydrogen-bond acceptors (Lipinski definition) is 5. The molecule has 4 rings (SSSR count). The Morgan fingerprint density at radius 2 is 1.48 bits per heavy atom. The van der Waals surface area contributed by atoms with Crippen molar-refractivity contribution in [1.29, 1.82) is 0 Å². The van der Waals surface area contributed by atoms with Gasteiger partial charge in [0.2, 0.25) is 17.7 Å². The van der Waals surface area contributed by atoms with E-state index in [1.54, 1.807) is 42.6 Å². The van der Waals surface area contributed by atoms with Crippen molar-refractivity contribution >= 4 is 40.9 Å². The van der Waals surface area contributed by atoms with Crippen molar-refractivity contribution in [3.05, 3.63) is 53.1 Å². The SMILES string of the molecule is CCN1C(=O)C(C)(C)C(=O)N(C)c2cc(CN(Cc3ccc4c(c3)N(C)C(=O)CC4)C(=O)OC(C)(C)C)ccc21. The summed E-state index contributed by atoms with van der Waals surface area (Å²) in [4.78, 5) is 58.6. The molecular weight excluding hydrogens is 508 g/mol. The Hall–Kier alpha value is -3.88. The van der Waals surface area contributed by atoms with Gasteiger partial charge in [-0.1, -0.05) is 18.2 Å². The van der Waals surface area contributed by atoms with Gasteiger partial charge in [-0.3, -0.25) is 19.3 Å². The number of aryl methyl sites for hydroxylation is 1. The van der Waals surface area contributed by atoms with E-state index in [-0.39, 0.29) is 30.8 Å². The van der Waals surface area contributed by atoms with E-state index in [0.717, 1.165) is 22.4 Å². The molecule has 0 N–H and O–H groups in total. The molecule has 214 valence electrons. The van der Waals surface area contributed by atoms with Crippen LogP contribution in [-0.4, -0.2) is 55.0 Å². The first-order valence-corrected chi connectivity index (χ1v) is 13.7. The number of amides is 4. The lowest BCUT2D eigenvalue weighted by Crippen LogP contribution is -2.47. The van der Waals surface area contributed by atoms with Crippen molar-refractivity contribution in [2.75, 3.05) is 35.3 Å². The van der Waals surface area contributed by atoms with Crippen LogP contribution in [0.4, 0.5) is 21.9 Å². The molecule has 0 radical (unpaired) electrons. The summed E-state index contributed by atoms with van der Waals surface area (Å²) in [6.45, 7) is 11.6. The summed E-state index contributed by atoms with van der Waals surface area (Å²) >= 11 is 0. The Labute approximate surface area is 236 Å². The second-order valence-electron chi connectivity index (χ2n) is 12.1. The third-order valence-electron chi connectivity index (χ3n) is 7.52. The van der Waals surface area contributed by atoms with Gasteiger partial charge in [-0.2, -0.15) is 0 Å². The van der Waals surface area contributed by atoms with Gasteiger partial charge in [-0.15, -0.1) is 0 Å². The summed E-state index contributed by atoms with van der Waals surface area (Å²) in [6.07, 6.45) is 0.713. The Morgan fingerprint density at radius 3 is 2.08 bits per heavy atom. The van der Waals surface area contributed by atoms with Crippen LogP contribution in [0.3, 0.4) is 0 Å². The number of benzene rings is 2. The van der Waals surface area contributed by atoms with Crippen LogP contribution in [-0.2, 0) is 38.6 Å². The highest BCUT2D eigenvalue weighted by atomic mass is 16.6. The van der Waals surface area contributed by atoms with Gasteiger partial charge >= 0.3 is 6.09 Å². The van der Waals surface area contributed by atoms with Crippen LogP contribution in [0.15, 0.2) is 36.4 Å². The Balaban J connectivity index is 1.69. The predicted octanol–water partition coefficient (Wildman–Crippen LogP) is 4.89. The molecule has 2 heterocycles. The normalized spacial score (nSPS) is 16.9. The maximum atomic E-state index is 13.4. The van der Waals surface area contributed by atoms with Crippen LogP contribution in [0.2, 0.25) is 0 Å². The van der Waals surface area contributed by atoms with Crippen LogP contribution in [0, 0.1) is 5.41 Å². The fourth-order valence-corrected chi connectivity index (χ4v) is 5.27. The molecule has 9 nitrogen and oxygen atoms in total. The molecule has 0 unspecified atom stereocenters. The first-order chi connectivity index (χ1) is 18.6. The second-order valence-corrected chi connectivity index (χ2v) is 12.1. The van der Waals surface area contributed by atoms with Crippen LogP contribution >= 0.6 is 0 Å². The minimum atomic E-state index is -1.20. The van der Waals surface area contributed by atoms with Gasteiger partial charge in [0.25, 0.3) is 0 Å². The van der Waals surface area contributed by atoms with Gasteiger partial charge in [0.15, 0.2) is 0 Å². The lowest BCUT2D eigenvalue weighted by atomic mass is 9.90. The molecule has 0 aliphatic carbocycles. The topological polar surface area (TPSA) is 90.5 Å². The summed E-state index contributed by atoms with van der Waals surface area (Å²) < 4.78 is 5.75. The fraction of sp³-hybridized carbons (Fsp3) is 0.484. The van der Waals surface area contributed by atoms with Crippen LogP contribution < -0.4 is 14.7 Å². The zero-order valence-corrected chi connectivity index (χ0v) is 24.8. The molecule has 0 bridgehead atoms. The Morgan fingerprint density at radius 1 is 0.875 bits per heavy atom. The molecule has 4 amide bonds. The first-order valence-electron chi connectivity index (χ1n) is 13.7. The Bertz CT molecular complexity index is 1360. The van der Waals surface area contributed by atoms with Crippen molar-refractivity contribution in [2.24, 2.45) is 5.41 Å². The van der Waals surface area contributed by atoms with E-state index in [9.17, 15) is 19.2 Å². The highest BCUT2D eigenvalue weighted by Gasteiger charge is 2.45. The number of hydrogen-bond donors (Lipinski definition) is 0. The largest absolute Gasteiger partial charge is 0.444 e. The van der Waals surface area contributed by atoms with Crippen LogP contribution in [0.1, 0.15) is 64.7 Å². The summed E-state index contributed by atoms with van der Waals surface area (Å²) in [6, 6.07) is 11.5. The third kappa shape index (κ3) is 5.55. The van der Waals surface area contributed by atoms with Crippen molar-refractivity contribution in [3.63, 3.8) is 0 Å². The molecule has 2 aromatic rings. The van der Waals surface area contributed by atoms with E-state index in [1.807, 2.05) is 64.1 Å². The summed E-state index contributed by atoms with van der Waals surface area (Å²) in [7, 11) is 3.45. The van der Waals surface area contributed by atoms with E-state index in [2.05, 4.69) is 0 Å². The molecule has 0 saturated heterocycles. The smallest absolute Gasteiger partial charge is 0.410 e. The monoisotopic (exact) mass is 548 g/mol. The summed E-state index contributed by atoms with van der Waals surface area (Å²) in [5, 5.41) is 0. The standard InChI is InChI=1S/C31H40N4O5/c1-9-35-23-14-11-21(17-25(23)33(8)27(37)31(5,6)28(35)38)19-34(29(39)40-30(2,3)4)18-20-10-12-22-13-15-26(36)32(7)24(22)16-20/h10-12,14,16-17H,9,13,15,18-19H2,1-8H3. The lowest BCUT2D eigenvalue weighted by Gasteiger charge is -2.30. The lowest BCUT2D eigenvalue weighted by molar-refractivity contribution is -0.137. The predicted molar refractivity (Wildman–Crippen MR) is 155 cm³/mol. The van der Waals surface area contributed by atoms with Gasteiger partial charge in [-0.05, 0) is 82.9 Å². The molecule has 2 aromatic carbocycles. The molecule has 0 spiro atoms. The highest BCUT2D eigenvalue weighted by molar-refractivity contribution is 6.19. The summed E-state index contributed by atoms with van der Waals surface area (Å²) in [5.74, 6) is -0.465. The van der Waals surface area contributed by atoms with Gasteiger partial charge in [0, 0.05) is 45.8 Å². The number of nitrogens with zero attached hydrogens (tertiary/aromatic N) is 4. The molecular formula is C31H40N4O5. The molecule has 0 saturated carbocycles. The van der Waals surface area contributed by atoms with Crippen LogP contribution in [0.25, 0.3) is 0 Å². The Kier molecular flexibility index (Phi) is 7.71. The van der Waals surface area contributed by atoms with Crippen molar-refractivity contribution in [1.82, 2.24) is 4.90 Å². The van der Waals surface area contributed by atoms with Gasteiger partial charge in [0.05, 0.1) is 11.4 Å². The number of ether oxygens (including phenoxy) is 1. The van der Waals surface area contributed by atoms with E-state index >= 15 is 0 Å². The van der Waals surface area contributed by atoms with Crippen LogP contribution in [0.5, 0.6) is 0 Å². The molecule has 40 heavy (non-hydrogen) atoms. The summed E-state index contributed by atoms with van der Waals surface area (Å²) in [5.41, 5.74) is 3.00. The number of rotatable bonds is 5. The molecule has 0 atom stereocenters. The first kappa shape index (κ1) is 29.1. The fourth-order valence-electron chi connectivity index (χ4n) is 5.27. The third-order valence-corrected chi connectivity index (χ3v) is 7.52. The molecule has 2 aliphatic rings. The maximum absolute atomic E-state index is 13.4. The average molecular weight is 549 g/mol. The van der Waals surface area contributed by atoms with Crippen molar-refractivity contribution in [3.8, 4) is 0 Å². The van der Waals surface area contributed by atoms with Crippen molar-refractivity contribution in [2.45, 2.75) is 73.1 Å². The minimum Gasteiger partial charge on any atom is -0.444 e. The molecule has 0 fully saturated rings. The number of fused-ring (bicyclic) bond motifs is 2. The highest BCUT2D eigenvalue weighted by Crippen LogP contribution is 2.39. The van der Waals surface area contributed by atoms with Gasteiger partial charge in [0.1, 0.15) is 11.0 Å². The van der Waals surface area contributed by atoms with Gasteiger partial charge in [-0.25, -0.2) is 4.79 Å². The average Bonchev–Trinajstić information content (AvgIpc) is 2.93. The molecule has 0 aromatic heterocycles. The zero-order valence-electron chi connectivity index (χ0n) is 24.8. The number of carbonyl (C=O) groups excluding carboxylic acids is 4. The minimum absolute atomic E-state index is 0.0695. The van der Waals surface area contributed by atoms with E-state index < -0.39 is 17.1 Å². The van der Waals surface area contributed by atoms with E-state index in [0.29, 0.717) is 30.8 Å². The number of anilines is 3. The van der Waals surface area contributed by atoms with Crippen molar-refractivity contribution < 1.29 is 23.9 Å². The second kappa shape index (κ2) is 10.6.